The van der Waals surface area contributed by atoms with E-state index in [4.69, 9.17) is 4.74 Å². The largest absolute Gasteiger partial charge is 0.484 e. The molecular formula is C19H28N2O2S. The molecule has 2 saturated heterocycles. The lowest BCUT2D eigenvalue weighted by Crippen LogP contribution is -2.49. The number of benzene rings is 1. The predicted octanol–water partition coefficient (Wildman–Crippen LogP) is 2.80. The number of nitrogens with zero attached hydrogens (tertiary/aromatic N) is 2. The summed E-state index contributed by atoms with van der Waals surface area (Å²) in [6, 6.07) is 8.22. The monoisotopic (exact) mass is 348 g/mol. The topological polar surface area (TPSA) is 32.8 Å². The highest BCUT2D eigenvalue weighted by atomic mass is 32.2. The van der Waals surface area contributed by atoms with Crippen LogP contribution in [-0.2, 0) is 4.79 Å². The molecule has 0 N–H and O–H groups in total. The van der Waals surface area contributed by atoms with Crippen LogP contribution in [0.2, 0.25) is 0 Å². The molecular weight excluding hydrogens is 320 g/mol. The Balaban J connectivity index is 1.57. The van der Waals surface area contributed by atoms with Crippen molar-refractivity contribution < 1.29 is 9.53 Å². The Morgan fingerprint density at radius 1 is 1.17 bits per heavy atom. The molecule has 0 spiro atoms. The molecule has 2 aliphatic heterocycles. The zero-order valence-corrected chi connectivity index (χ0v) is 15.4. The van der Waals surface area contributed by atoms with Gasteiger partial charge in [0, 0.05) is 18.8 Å². The van der Waals surface area contributed by atoms with Crippen molar-refractivity contribution in [3.8, 4) is 5.75 Å². The van der Waals surface area contributed by atoms with Crippen LogP contribution in [0.25, 0.3) is 0 Å². The van der Waals surface area contributed by atoms with Crippen molar-refractivity contribution >= 4 is 17.7 Å². The van der Waals surface area contributed by atoms with Crippen LogP contribution in [0.5, 0.6) is 5.75 Å². The van der Waals surface area contributed by atoms with Crippen molar-refractivity contribution in [2.45, 2.75) is 32.2 Å². The molecule has 2 fully saturated rings. The van der Waals surface area contributed by atoms with Gasteiger partial charge in [-0.25, -0.2) is 0 Å². The molecule has 1 amide bonds. The zero-order chi connectivity index (χ0) is 16.8. The fourth-order valence-corrected chi connectivity index (χ4v) is 4.49. The number of carbonyl (C=O) groups excluding carboxylic acids is 1. The van der Waals surface area contributed by atoms with Gasteiger partial charge < -0.3 is 14.5 Å². The molecule has 1 atom stereocenters. The first-order valence-electron chi connectivity index (χ1n) is 9.01. The van der Waals surface area contributed by atoms with E-state index in [1.54, 1.807) is 0 Å². The lowest BCUT2D eigenvalue weighted by molar-refractivity contribution is -0.135. The number of thioether (sulfide) groups is 1. The normalized spacial score (nSPS) is 22.4. The highest BCUT2D eigenvalue weighted by molar-refractivity contribution is 7.99. The van der Waals surface area contributed by atoms with E-state index in [0.29, 0.717) is 6.04 Å². The SMILES string of the molecule is Cc1ccc(OCC(=O)N2CCCSCC2CN2CCCC2)cc1. The second-order valence-corrected chi connectivity index (χ2v) is 7.93. The van der Waals surface area contributed by atoms with Gasteiger partial charge in [0.05, 0.1) is 6.04 Å². The molecule has 1 aromatic carbocycles. The van der Waals surface area contributed by atoms with Crippen LogP contribution in [0.15, 0.2) is 24.3 Å². The van der Waals surface area contributed by atoms with Gasteiger partial charge in [-0.2, -0.15) is 11.8 Å². The maximum Gasteiger partial charge on any atom is 0.260 e. The summed E-state index contributed by atoms with van der Waals surface area (Å²) in [5, 5.41) is 0. The van der Waals surface area contributed by atoms with Gasteiger partial charge in [-0.05, 0) is 57.2 Å². The molecule has 0 saturated carbocycles. The number of hydrogen-bond acceptors (Lipinski definition) is 4. The fraction of sp³-hybridized carbons (Fsp3) is 0.632. The van der Waals surface area contributed by atoms with Crippen LogP contribution >= 0.6 is 11.8 Å². The van der Waals surface area contributed by atoms with Gasteiger partial charge in [-0.3, -0.25) is 4.79 Å². The Morgan fingerprint density at radius 2 is 1.92 bits per heavy atom. The highest BCUT2D eigenvalue weighted by Crippen LogP contribution is 2.20. The summed E-state index contributed by atoms with van der Waals surface area (Å²) in [4.78, 5) is 17.3. The van der Waals surface area contributed by atoms with E-state index in [-0.39, 0.29) is 12.5 Å². The molecule has 1 aromatic rings. The average molecular weight is 349 g/mol. The third-order valence-corrected chi connectivity index (χ3v) is 6.01. The number of hydrogen-bond donors (Lipinski definition) is 0. The van der Waals surface area contributed by atoms with E-state index in [1.807, 2.05) is 43.0 Å². The summed E-state index contributed by atoms with van der Waals surface area (Å²) in [6.07, 6.45) is 3.67. The second-order valence-electron chi connectivity index (χ2n) is 6.78. The van der Waals surface area contributed by atoms with E-state index in [0.717, 1.165) is 36.8 Å². The zero-order valence-electron chi connectivity index (χ0n) is 14.6. The molecule has 2 heterocycles. The minimum Gasteiger partial charge on any atom is -0.484 e. The first-order chi connectivity index (χ1) is 11.7. The minimum absolute atomic E-state index is 0.127. The van der Waals surface area contributed by atoms with Gasteiger partial charge in [0.2, 0.25) is 0 Å². The molecule has 0 radical (unpaired) electrons. The first kappa shape index (κ1) is 17.6. The molecule has 3 rings (SSSR count). The van der Waals surface area contributed by atoms with Crippen molar-refractivity contribution in [1.29, 1.82) is 0 Å². The Labute approximate surface area is 149 Å². The van der Waals surface area contributed by atoms with Gasteiger partial charge >= 0.3 is 0 Å². The molecule has 4 nitrogen and oxygen atoms in total. The van der Waals surface area contributed by atoms with Crippen LogP contribution in [0.4, 0.5) is 0 Å². The van der Waals surface area contributed by atoms with Crippen LogP contribution in [0.3, 0.4) is 0 Å². The van der Waals surface area contributed by atoms with Crippen LogP contribution in [0.1, 0.15) is 24.8 Å². The Kier molecular flexibility index (Phi) is 6.44. The summed E-state index contributed by atoms with van der Waals surface area (Å²) >= 11 is 1.98. The first-order valence-corrected chi connectivity index (χ1v) is 10.2. The van der Waals surface area contributed by atoms with Crippen LogP contribution < -0.4 is 4.74 Å². The average Bonchev–Trinajstić information content (AvgIpc) is 2.99. The fourth-order valence-electron chi connectivity index (χ4n) is 3.43. The number of likely N-dealkylation sites (tertiary alicyclic amines) is 1. The number of ether oxygens (including phenoxy) is 1. The van der Waals surface area contributed by atoms with E-state index in [1.165, 1.54) is 31.5 Å². The molecule has 0 aliphatic carbocycles. The summed E-state index contributed by atoms with van der Waals surface area (Å²) in [7, 11) is 0. The maximum atomic E-state index is 12.7. The molecule has 0 aromatic heterocycles. The summed E-state index contributed by atoms with van der Waals surface area (Å²) in [6.45, 7) is 6.44. The maximum absolute atomic E-state index is 12.7. The quantitative estimate of drug-likeness (QED) is 0.819. The Bertz CT molecular complexity index is 529. The highest BCUT2D eigenvalue weighted by Gasteiger charge is 2.28. The van der Waals surface area contributed by atoms with Crippen molar-refractivity contribution in [1.82, 2.24) is 9.80 Å². The van der Waals surface area contributed by atoms with Crippen molar-refractivity contribution in [2.24, 2.45) is 0 Å². The van der Waals surface area contributed by atoms with Gasteiger partial charge in [-0.1, -0.05) is 17.7 Å². The van der Waals surface area contributed by atoms with Crippen LogP contribution in [-0.4, -0.2) is 66.0 Å². The van der Waals surface area contributed by atoms with Crippen molar-refractivity contribution in [2.75, 3.05) is 44.3 Å². The number of rotatable bonds is 5. The third-order valence-electron chi connectivity index (χ3n) is 4.81. The molecule has 2 aliphatic rings. The lowest BCUT2D eigenvalue weighted by Gasteiger charge is -2.32. The van der Waals surface area contributed by atoms with Crippen molar-refractivity contribution in [3.05, 3.63) is 29.8 Å². The summed E-state index contributed by atoms with van der Waals surface area (Å²) in [5.74, 6) is 3.10. The number of aryl methyl sites for hydroxylation is 1. The standard InChI is InChI=1S/C19H28N2O2S/c1-16-5-7-18(8-6-16)23-14-19(22)21-11-4-12-24-15-17(21)13-20-9-2-3-10-20/h5-8,17H,2-4,9-15H2,1H3. The molecule has 24 heavy (non-hydrogen) atoms. The Morgan fingerprint density at radius 3 is 2.67 bits per heavy atom. The second kappa shape index (κ2) is 8.77. The number of amides is 1. The number of carbonyl (C=O) groups is 1. The van der Waals surface area contributed by atoms with Gasteiger partial charge in [0.15, 0.2) is 6.61 Å². The van der Waals surface area contributed by atoms with Crippen LogP contribution in [0, 0.1) is 6.92 Å². The van der Waals surface area contributed by atoms with Gasteiger partial charge in [0.25, 0.3) is 5.91 Å². The molecule has 0 bridgehead atoms. The van der Waals surface area contributed by atoms with Crippen molar-refractivity contribution in [3.63, 3.8) is 0 Å². The lowest BCUT2D eigenvalue weighted by atomic mass is 10.2. The van der Waals surface area contributed by atoms with E-state index >= 15 is 0 Å². The molecule has 132 valence electrons. The summed E-state index contributed by atoms with van der Waals surface area (Å²) in [5.41, 5.74) is 1.20. The van der Waals surface area contributed by atoms with E-state index < -0.39 is 0 Å². The molecule has 1 unspecified atom stereocenters. The third kappa shape index (κ3) is 4.90. The smallest absolute Gasteiger partial charge is 0.260 e. The minimum atomic E-state index is 0.127. The molecule has 5 heteroatoms. The van der Waals surface area contributed by atoms with E-state index in [9.17, 15) is 4.79 Å². The predicted molar refractivity (Wildman–Crippen MR) is 99.8 cm³/mol. The summed E-state index contributed by atoms with van der Waals surface area (Å²) < 4.78 is 5.72. The Hall–Kier alpha value is -1.20. The van der Waals surface area contributed by atoms with E-state index in [2.05, 4.69) is 9.80 Å². The van der Waals surface area contributed by atoms with Gasteiger partial charge in [0.1, 0.15) is 5.75 Å². The van der Waals surface area contributed by atoms with Gasteiger partial charge in [-0.15, -0.1) is 0 Å².